The normalized spacial score (nSPS) is 10.6. The van der Waals surface area contributed by atoms with Gasteiger partial charge in [-0.25, -0.2) is 0 Å². The molecule has 2 rings (SSSR count). The summed E-state index contributed by atoms with van der Waals surface area (Å²) in [6, 6.07) is 9.13. The average Bonchev–Trinajstić information content (AvgIpc) is 2.86. The Kier molecular flexibility index (Phi) is 6.11. The Morgan fingerprint density at radius 2 is 1.87 bits per heavy atom. The molecule has 1 heterocycles. The standard InChI is InChI=1S/C15H17IN4O3/c1-10-7-13(19-23-10)18-15(22)9-20(2)8-14(21)17-12-6-4-3-5-11(12)16/h3-7H,8-9H2,1-2H3,(H,17,21)(H,18,19,22). The van der Waals surface area contributed by atoms with E-state index in [0.717, 1.165) is 9.26 Å². The molecule has 122 valence electrons. The second-order valence-electron chi connectivity index (χ2n) is 5.07. The fourth-order valence-electron chi connectivity index (χ4n) is 1.91. The fraction of sp³-hybridized carbons (Fsp3) is 0.267. The molecule has 0 saturated heterocycles. The average molecular weight is 428 g/mol. The van der Waals surface area contributed by atoms with E-state index >= 15 is 0 Å². The molecule has 7 nitrogen and oxygen atoms in total. The van der Waals surface area contributed by atoms with Crippen molar-refractivity contribution in [3.8, 4) is 0 Å². The van der Waals surface area contributed by atoms with E-state index in [1.54, 1.807) is 24.9 Å². The molecular weight excluding hydrogens is 411 g/mol. The van der Waals surface area contributed by atoms with Gasteiger partial charge >= 0.3 is 0 Å². The molecule has 2 N–H and O–H groups in total. The summed E-state index contributed by atoms with van der Waals surface area (Å²) in [5, 5.41) is 9.11. The molecule has 2 amide bonds. The summed E-state index contributed by atoms with van der Waals surface area (Å²) in [6.07, 6.45) is 0. The summed E-state index contributed by atoms with van der Waals surface area (Å²) < 4.78 is 5.83. The van der Waals surface area contributed by atoms with Crippen LogP contribution in [0.25, 0.3) is 0 Å². The summed E-state index contributed by atoms with van der Waals surface area (Å²) in [4.78, 5) is 25.5. The maximum Gasteiger partial charge on any atom is 0.239 e. The molecule has 1 aromatic carbocycles. The number of benzene rings is 1. The smallest absolute Gasteiger partial charge is 0.239 e. The van der Waals surface area contributed by atoms with Gasteiger partial charge in [0.2, 0.25) is 11.8 Å². The van der Waals surface area contributed by atoms with Gasteiger partial charge in [-0.15, -0.1) is 0 Å². The van der Waals surface area contributed by atoms with Gasteiger partial charge in [-0.3, -0.25) is 14.5 Å². The summed E-state index contributed by atoms with van der Waals surface area (Å²) in [7, 11) is 1.70. The maximum atomic E-state index is 12.0. The number of para-hydroxylation sites is 1. The highest BCUT2D eigenvalue weighted by Gasteiger charge is 2.13. The summed E-state index contributed by atoms with van der Waals surface area (Å²) in [6.45, 7) is 1.92. The third-order valence-corrected chi connectivity index (χ3v) is 3.81. The third-order valence-electron chi connectivity index (χ3n) is 2.87. The van der Waals surface area contributed by atoms with Crippen molar-refractivity contribution in [1.29, 1.82) is 0 Å². The number of hydrogen-bond acceptors (Lipinski definition) is 5. The summed E-state index contributed by atoms with van der Waals surface area (Å²) in [5.74, 6) is 0.541. The van der Waals surface area contributed by atoms with Crippen molar-refractivity contribution in [2.75, 3.05) is 30.8 Å². The lowest BCUT2D eigenvalue weighted by atomic mass is 10.3. The Labute approximate surface area is 147 Å². The van der Waals surface area contributed by atoms with E-state index in [2.05, 4.69) is 38.4 Å². The zero-order valence-electron chi connectivity index (χ0n) is 12.8. The Morgan fingerprint density at radius 1 is 1.22 bits per heavy atom. The predicted molar refractivity (Wildman–Crippen MR) is 95.2 cm³/mol. The summed E-state index contributed by atoms with van der Waals surface area (Å²) >= 11 is 2.15. The number of likely N-dealkylation sites (N-methyl/N-ethyl adjacent to an activating group) is 1. The van der Waals surface area contributed by atoms with Gasteiger partial charge in [0.1, 0.15) is 5.76 Å². The van der Waals surface area contributed by atoms with Crippen molar-refractivity contribution < 1.29 is 14.1 Å². The van der Waals surface area contributed by atoms with Crippen LogP contribution < -0.4 is 10.6 Å². The molecule has 0 radical (unpaired) electrons. The molecule has 8 heteroatoms. The Balaban J connectivity index is 1.79. The van der Waals surface area contributed by atoms with Crippen LogP contribution in [-0.2, 0) is 9.59 Å². The number of carbonyl (C=O) groups excluding carboxylic acids is 2. The first-order valence-electron chi connectivity index (χ1n) is 6.90. The van der Waals surface area contributed by atoms with Crippen LogP contribution in [0.3, 0.4) is 0 Å². The number of aromatic nitrogens is 1. The Morgan fingerprint density at radius 3 is 2.48 bits per heavy atom. The first-order valence-corrected chi connectivity index (χ1v) is 7.98. The SMILES string of the molecule is Cc1cc(NC(=O)CN(C)CC(=O)Nc2ccccc2I)no1. The van der Waals surface area contributed by atoms with Crippen LogP contribution in [0.1, 0.15) is 5.76 Å². The molecule has 0 fully saturated rings. The summed E-state index contributed by atoms with van der Waals surface area (Å²) in [5.41, 5.74) is 0.758. The first-order chi connectivity index (χ1) is 10.9. The van der Waals surface area contributed by atoms with Crippen LogP contribution in [-0.4, -0.2) is 42.0 Å². The van der Waals surface area contributed by atoms with Gasteiger partial charge in [0.25, 0.3) is 0 Å². The first kappa shape index (κ1) is 17.4. The van der Waals surface area contributed by atoms with Gasteiger partial charge in [0.05, 0.1) is 18.8 Å². The van der Waals surface area contributed by atoms with Crippen molar-refractivity contribution >= 4 is 45.9 Å². The molecule has 0 saturated carbocycles. The molecule has 0 aliphatic carbocycles. The number of hydrogen-bond donors (Lipinski definition) is 2. The molecule has 0 aliphatic heterocycles. The van der Waals surface area contributed by atoms with Crippen LogP contribution in [0, 0.1) is 10.5 Å². The number of aryl methyl sites for hydroxylation is 1. The Hall–Kier alpha value is -1.94. The number of nitrogens with zero attached hydrogens (tertiary/aromatic N) is 2. The van der Waals surface area contributed by atoms with Gasteiger partial charge in [-0.05, 0) is 48.7 Å². The van der Waals surface area contributed by atoms with Crippen LogP contribution in [0.5, 0.6) is 0 Å². The van der Waals surface area contributed by atoms with E-state index < -0.39 is 0 Å². The molecule has 0 spiro atoms. The van der Waals surface area contributed by atoms with Gasteiger partial charge in [-0.1, -0.05) is 17.3 Å². The monoisotopic (exact) mass is 428 g/mol. The van der Waals surface area contributed by atoms with Gasteiger partial charge in [0.15, 0.2) is 5.82 Å². The maximum absolute atomic E-state index is 12.0. The zero-order valence-corrected chi connectivity index (χ0v) is 15.0. The number of amides is 2. The fourth-order valence-corrected chi connectivity index (χ4v) is 2.43. The zero-order chi connectivity index (χ0) is 16.8. The van der Waals surface area contributed by atoms with E-state index in [0.29, 0.717) is 11.6 Å². The topological polar surface area (TPSA) is 87.5 Å². The van der Waals surface area contributed by atoms with Crippen LogP contribution in [0.15, 0.2) is 34.9 Å². The van der Waals surface area contributed by atoms with E-state index in [1.807, 2.05) is 24.3 Å². The molecule has 2 aromatic rings. The van der Waals surface area contributed by atoms with Crippen molar-refractivity contribution in [3.05, 3.63) is 39.7 Å². The minimum atomic E-state index is -0.261. The minimum Gasteiger partial charge on any atom is -0.360 e. The molecule has 0 unspecified atom stereocenters. The van der Waals surface area contributed by atoms with E-state index in [9.17, 15) is 9.59 Å². The van der Waals surface area contributed by atoms with Gasteiger partial charge in [0, 0.05) is 9.64 Å². The van der Waals surface area contributed by atoms with Gasteiger partial charge in [-0.2, -0.15) is 0 Å². The molecule has 0 bridgehead atoms. The van der Waals surface area contributed by atoms with Crippen molar-refractivity contribution in [3.63, 3.8) is 0 Å². The molecule has 1 aromatic heterocycles. The molecule has 23 heavy (non-hydrogen) atoms. The number of nitrogens with one attached hydrogen (secondary N) is 2. The second kappa shape index (κ2) is 8.06. The highest BCUT2D eigenvalue weighted by molar-refractivity contribution is 14.1. The molecule has 0 aliphatic rings. The number of carbonyl (C=O) groups is 2. The number of anilines is 2. The van der Waals surface area contributed by atoms with Crippen molar-refractivity contribution in [2.24, 2.45) is 0 Å². The second-order valence-corrected chi connectivity index (χ2v) is 6.23. The Bertz CT molecular complexity index is 702. The number of rotatable bonds is 6. The lowest BCUT2D eigenvalue weighted by Gasteiger charge is -2.15. The molecular formula is C15H17IN4O3. The van der Waals surface area contributed by atoms with E-state index in [-0.39, 0.29) is 24.9 Å². The third kappa shape index (κ3) is 5.64. The predicted octanol–water partition coefficient (Wildman–Crippen LogP) is 2.10. The van der Waals surface area contributed by atoms with Crippen molar-refractivity contribution in [1.82, 2.24) is 10.1 Å². The van der Waals surface area contributed by atoms with Crippen molar-refractivity contribution in [2.45, 2.75) is 6.92 Å². The van der Waals surface area contributed by atoms with Crippen LogP contribution in [0.2, 0.25) is 0 Å². The highest BCUT2D eigenvalue weighted by atomic mass is 127. The quantitative estimate of drug-likeness (QED) is 0.689. The minimum absolute atomic E-state index is 0.0746. The van der Waals surface area contributed by atoms with E-state index in [1.165, 1.54) is 0 Å². The lowest BCUT2D eigenvalue weighted by Crippen LogP contribution is -2.36. The number of halogens is 1. The molecule has 0 atom stereocenters. The highest BCUT2D eigenvalue weighted by Crippen LogP contribution is 2.16. The van der Waals surface area contributed by atoms with Crippen LogP contribution >= 0.6 is 22.6 Å². The van der Waals surface area contributed by atoms with Crippen LogP contribution in [0.4, 0.5) is 11.5 Å². The van der Waals surface area contributed by atoms with Gasteiger partial charge < -0.3 is 15.2 Å². The largest absolute Gasteiger partial charge is 0.360 e. The van der Waals surface area contributed by atoms with E-state index in [4.69, 9.17) is 4.52 Å². The lowest BCUT2D eigenvalue weighted by molar-refractivity contribution is -0.119.